The van der Waals surface area contributed by atoms with Gasteiger partial charge in [-0.05, 0) is 140 Å². The summed E-state index contributed by atoms with van der Waals surface area (Å²) in [5, 5.41) is 0. The van der Waals surface area contributed by atoms with Crippen LogP contribution in [0.2, 0.25) is 0 Å². The molecule has 0 radical (unpaired) electrons. The van der Waals surface area contributed by atoms with Crippen LogP contribution in [0.1, 0.15) is 186 Å². The van der Waals surface area contributed by atoms with Crippen molar-refractivity contribution in [3.63, 3.8) is 0 Å². The van der Waals surface area contributed by atoms with E-state index in [1.54, 1.807) is 5.57 Å². The average Bonchev–Trinajstić information content (AvgIpc) is 3.28. The number of hydrogen-bond acceptors (Lipinski definition) is 2. The van der Waals surface area contributed by atoms with Crippen molar-refractivity contribution in [2.24, 2.45) is 74.9 Å². The summed E-state index contributed by atoms with van der Waals surface area (Å²) < 4.78 is 6.55. The smallest absolute Gasteiger partial charge is 0.309 e. The van der Waals surface area contributed by atoms with Crippen LogP contribution in [-0.2, 0) is 9.53 Å². The van der Waals surface area contributed by atoms with Gasteiger partial charge in [-0.2, -0.15) is 0 Å². The molecule has 4 aliphatic rings. The first-order valence-electron chi connectivity index (χ1n) is 20.6. The molecule has 2 heteroatoms. The number of fused-ring (bicyclic) bond motifs is 5. The zero-order valence-electron chi connectivity index (χ0n) is 33.8. The monoisotopic (exact) mass is 653 g/mol. The lowest BCUT2D eigenvalue weighted by atomic mass is 9.47. The van der Waals surface area contributed by atoms with Gasteiger partial charge in [0.25, 0.3) is 0 Å². The molecule has 47 heavy (non-hydrogen) atoms. The van der Waals surface area contributed by atoms with Gasteiger partial charge in [-0.25, -0.2) is 0 Å². The molecule has 3 saturated carbocycles. The van der Waals surface area contributed by atoms with Gasteiger partial charge in [0.15, 0.2) is 0 Å². The van der Waals surface area contributed by atoms with Crippen LogP contribution < -0.4 is 0 Å². The van der Waals surface area contributed by atoms with Gasteiger partial charge in [0.1, 0.15) is 6.10 Å². The SMILES string of the molecule is CC(C)CCC[C@@H](C)[C@H]1CC[C@H]2[C@@H]3CC=C4C[C@@H](OC(=O)C(CCC(C)CC(C)(C)C)C(C)CC(C)(C)C)CC[C@]4(C)[C@H]3CC[C@]12C. The summed E-state index contributed by atoms with van der Waals surface area (Å²) >= 11 is 0. The maximum atomic E-state index is 14.0. The van der Waals surface area contributed by atoms with E-state index in [0.717, 1.165) is 67.6 Å². The molecule has 0 aliphatic heterocycles. The minimum Gasteiger partial charge on any atom is -0.462 e. The summed E-state index contributed by atoms with van der Waals surface area (Å²) in [6.45, 7) is 31.3. The predicted octanol–water partition coefficient (Wildman–Crippen LogP) is 13.5. The molecule has 0 aromatic rings. The molecule has 2 nitrogen and oxygen atoms in total. The van der Waals surface area contributed by atoms with Crippen LogP contribution in [-0.4, -0.2) is 12.1 Å². The third-order valence-corrected chi connectivity index (χ3v) is 14.4. The van der Waals surface area contributed by atoms with E-state index in [-0.39, 0.29) is 23.4 Å². The van der Waals surface area contributed by atoms with Crippen molar-refractivity contribution < 1.29 is 9.53 Å². The van der Waals surface area contributed by atoms with Gasteiger partial charge >= 0.3 is 5.97 Å². The van der Waals surface area contributed by atoms with Crippen molar-refractivity contribution in [3.8, 4) is 0 Å². The fraction of sp³-hybridized carbons (Fsp3) is 0.933. The fourth-order valence-corrected chi connectivity index (χ4v) is 12.4. The minimum atomic E-state index is 0.00812. The van der Waals surface area contributed by atoms with Crippen LogP contribution in [0.4, 0.5) is 0 Å². The van der Waals surface area contributed by atoms with Gasteiger partial charge in [0, 0.05) is 6.42 Å². The summed E-state index contributed by atoms with van der Waals surface area (Å²) in [4.78, 5) is 14.0. The number of ether oxygens (including phenoxy) is 1. The molecule has 0 aromatic heterocycles. The lowest BCUT2D eigenvalue weighted by molar-refractivity contribution is -0.159. The van der Waals surface area contributed by atoms with Gasteiger partial charge in [-0.1, -0.05) is 121 Å². The second-order valence-corrected chi connectivity index (χ2v) is 21.4. The summed E-state index contributed by atoms with van der Waals surface area (Å²) in [5.41, 5.74) is 3.02. The number of allylic oxidation sites excluding steroid dienone is 1. The van der Waals surface area contributed by atoms with Crippen molar-refractivity contribution in [3.05, 3.63) is 11.6 Å². The number of rotatable bonds is 13. The standard InChI is InChI=1S/C45H80O2/c1-30(2)15-14-16-32(4)38-21-22-39-37-20-18-34-27-35(23-25-44(34,12)40(37)24-26-45(38,39)13)47-41(46)36(33(5)29-43(9,10)11)19-17-31(3)28-42(6,7)8/h18,30-33,35-40H,14-17,19-29H2,1-13H3/t31?,32-,33?,35+,36?,37+,38-,39+,40+,44+,45-/m1/s1. The number of hydrogen-bond donors (Lipinski definition) is 0. The molecular weight excluding hydrogens is 572 g/mol. The van der Waals surface area contributed by atoms with E-state index in [2.05, 4.69) is 96.1 Å². The molecule has 0 saturated heterocycles. The molecule has 0 bridgehead atoms. The molecule has 272 valence electrons. The van der Waals surface area contributed by atoms with Gasteiger partial charge in [-0.15, -0.1) is 0 Å². The number of carbonyl (C=O) groups excluding carboxylic acids is 1. The highest BCUT2D eigenvalue weighted by molar-refractivity contribution is 5.73. The van der Waals surface area contributed by atoms with Gasteiger partial charge in [-0.3, -0.25) is 4.79 Å². The molecular formula is C45H80O2. The van der Waals surface area contributed by atoms with Gasteiger partial charge < -0.3 is 4.74 Å². The highest BCUT2D eigenvalue weighted by atomic mass is 16.5. The van der Waals surface area contributed by atoms with E-state index in [0.29, 0.717) is 28.1 Å². The zero-order chi connectivity index (χ0) is 34.9. The number of esters is 1. The maximum absolute atomic E-state index is 14.0. The lowest BCUT2D eigenvalue weighted by Crippen LogP contribution is -2.51. The largest absolute Gasteiger partial charge is 0.462 e. The topological polar surface area (TPSA) is 26.3 Å². The summed E-state index contributed by atoms with van der Waals surface area (Å²) in [6.07, 6.45) is 21.5. The number of carbonyl (C=O) groups is 1. The lowest BCUT2D eigenvalue weighted by Gasteiger charge is -2.58. The molecule has 0 aromatic carbocycles. The Kier molecular flexibility index (Phi) is 12.6. The van der Waals surface area contributed by atoms with Crippen molar-refractivity contribution >= 4 is 5.97 Å². The third-order valence-electron chi connectivity index (χ3n) is 14.4. The molecule has 0 spiro atoms. The predicted molar refractivity (Wildman–Crippen MR) is 202 cm³/mol. The van der Waals surface area contributed by atoms with Crippen LogP contribution >= 0.6 is 0 Å². The Morgan fingerprint density at radius 1 is 0.830 bits per heavy atom. The molecule has 3 fully saturated rings. The van der Waals surface area contributed by atoms with E-state index in [1.165, 1.54) is 64.2 Å². The second-order valence-electron chi connectivity index (χ2n) is 21.4. The van der Waals surface area contributed by atoms with Crippen LogP contribution in [0.5, 0.6) is 0 Å². The van der Waals surface area contributed by atoms with Crippen molar-refractivity contribution in [1.82, 2.24) is 0 Å². The van der Waals surface area contributed by atoms with E-state index in [1.807, 2.05) is 0 Å². The van der Waals surface area contributed by atoms with Crippen LogP contribution in [0.15, 0.2) is 11.6 Å². The normalized spacial score (nSPS) is 35.3. The Hall–Kier alpha value is -0.790. The van der Waals surface area contributed by atoms with Gasteiger partial charge in [0.05, 0.1) is 5.92 Å². The molecule has 3 unspecified atom stereocenters. The van der Waals surface area contributed by atoms with E-state index >= 15 is 0 Å². The summed E-state index contributed by atoms with van der Waals surface area (Å²) in [5.74, 6) is 6.26. The average molecular weight is 653 g/mol. The van der Waals surface area contributed by atoms with Crippen LogP contribution in [0.25, 0.3) is 0 Å². The van der Waals surface area contributed by atoms with Crippen LogP contribution in [0, 0.1) is 74.9 Å². The summed E-state index contributed by atoms with van der Waals surface area (Å²) in [7, 11) is 0. The summed E-state index contributed by atoms with van der Waals surface area (Å²) in [6, 6.07) is 0. The van der Waals surface area contributed by atoms with Crippen LogP contribution in [0.3, 0.4) is 0 Å². The molecule has 11 atom stereocenters. The van der Waals surface area contributed by atoms with E-state index in [4.69, 9.17) is 4.74 Å². The minimum absolute atomic E-state index is 0.00812. The Labute approximate surface area is 293 Å². The Balaban J connectivity index is 1.40. The molecule has 0 heterocycles. The van der Waals surface area contributed by atoms with E-state index < -0.39 is 0 Å². The maximum Gasteiger partial charge on any atom is 0.309 e. The Morgan fingerprint density at radius 3 is 2.15 bits per heavy atom. The zero-order valence-corrected chi connectivity index (χ0v) is 33.8. The van der Waals surface area contributed by atoms with E-state index in [9.17, 15) is 4.79 Å². The Bertz CT molecular complexity index is 1050. The third kappa shape index (κ3) is 9.51. The second kappa shape index (κ2) is 15.2. The first-order chi connectivity index (χ1) is 21.7. The molecule has 0 amide bonds. The quantitative estimate of drug-likeness (QED) is 0.146. The molecule has 4 aliphatic carbocycles. The van der Waals surface area contributed by atoms with Gasteiger partial charge in [0.2, 0.25) is 0 Å². The molecule has 4 rings (SSSR count). The van der Waals surface area contributed by atoms with Crippen molar-refractivity contribution in [2.75, 3.05) is 0 Å². The van der Waals surface area contributed by atoms with Crippen molar-refractivity contribution in [2.45, 2.75) is 192 Å². The highest BCUT2D eigenvalue weighted by Crippen LogP contribution is 2.67. The first kappa shape index (κ1) is 39.0. The fourth-order valence-electron chi connectivity index (χ4n) is 12.4. The Morgan fingerprint density at radius 2 is 1.51 bits per heavy atom. The first-order valence-corrected chi connectivity index (χ1v) is 20.6. The van der Waals surface area contributed by atoms with Crippen molar-refractivity contribution in [1.29, 1.82) is 0 Å². The highest BCUT2D eigenvalue weighted by Gasteiger charge is 2.59. The molecule has 0 N–H and O–H groups in total.